The van der Waals surface area contributed by atoms with E-state index in [0.29, 0.717) is 19.4 Å². The van der Waals surface area contributed by atoms with Gasteiger partial charge in [-0.1, -0.05) is 0 Å². The third-order valence-corrected chi connectivity index (χ3v) is 3.76. The van der Waals surface area contributed by atoms with Crippen LogP contribution in [0.1, 0.15) is 12.8 Å². The lowest BCUT2D eigenvalue weighted by Crippen LogP contribution is -2.48. The van der Waals surface area contributed by atoms with E-state index < -0.39 is 5.97 Å². The zero-order chi connectivity index (χ0) is 11.0. The maximum atomic E-state index is 11.2. The monoisotopic (exact) mass is 229 g/mol. The fourth-order valence-corrected chi connectivity index (χ4v) is 3.08. The minimum atomic E-state index is -1.02. The highest BCUT2D eigenvalue weighted by atomic mass is 32.2. The summed E-state index contributed by atoms with van der Waals surface area (Å²) < 4.78 is 4.91. The average Bonchev–Trinajstić information content (AvgIpc) is 2.47. The Bertz CT molecular complexity index is 352. The molecule has 5 nitrogen and oxygen atoms in total. The summed E-state index contributed by atoms with van der Waals surface area (Å²) in [7, 11) is 1.57. The van der Waals surface area contributed by atoms with Crippen LogP contribution in [0.5, 0.6) is 0 Å². The molecule has 0 spiro atoms. The lowest BCUT2D eigenvalue weighted by atomic mass is 10.1. The summed E-state index contributed by atoms with van der Waals surface area (Å²) in [5.74, 6) is -1.12. The largest absolute Gasteiger partial charge is 0.477 e. The molecule has 1 saturated heterocycles. The number of rotatable bonds is 4. The molecule has 0 radical (unpaired) electrons. The molecule has 0 bridgehead atoms. The van der Waals surface area contributed by atoms with Crippen LogP contribution in [0.4, 0.5) is 0 Å². The highest BCUT2D eigenvalue weighted by Gasteiger charge is 2.47. The Morgan fingerprint density at radius 2 is 2.47 bits per heavy atom. The van der Waals surface area contributed by atoms with Crippen molar-refractivity contribution < 1.29 is 19.4 Å². The molecule has 0 aromatic heterocycles. The van der Waals surface area contributed by atoms with Crippen LogP contribution in [0.3, 0.4) is 0 Å². The zero-order valence-corrected chi connectivity index (χ0v) is 9.04. The number of carboxylic acids is 1. The van der Waals surface area contributed by atoms with E-state index in [1.165, 1.54) is 16.7 Å². The number of ether oxygens (including phenoxy) is 1. The molecule has 2 heterocycles. The first-order valence-electron chi connectivity index (χ1n) is 4.59. The van der Waals surface area contributed by atoms with Crippen LogP contribution < -0.4 is 0 Å². The molecular formula is C9H11NO4S. The summed E-state index contributed by atoms with van der Waals surface area (Å²) in [5.41, 5.74) is 0.151. The van der Waals surface area contributed by atoms with Crippen molar-refractivity contribution in [2.24, 2.45) is 0 Å². The molecular weight excluding hydrogens is 218 g/mol. The number of hydrogen-bond acceptors (Lipinski definition) is 4. The molecule has 2 aliphatic rings. The standard InChI is InChI=1S/C9H11NO4S/c1-14-3-2-5-8(9(12)13)10-6(11)4-7(10)15-5/h7H,2-4H2,1H3,(H,12,13)/t7-/m1/s1. The van der Waals surface area contributed by atoms with Gasteiger partial charge in [0.05, 0.1) is 18.4 Å². The van der Waals surface area contributed by atoms with Crippen LogP contribution in [0.25, 0.3) is 0 Å². The Hall–Kier alpha value is -1.01. The normalized spacial score (nSPS) is 24.2. The number of carboxylic acid groups (broad SMARTS) is 1. The predicted molar refractivity (Wildman–Crippen MR) is 54.0 cm³/mol. The number of carbonyl (C=O) groups is 2. The van der Waals surface area contributed by atoms with Gasteiger partial charge < -0.3 is 9.84 Å². The number of β-lactam (4-membered cyclic amide) rings is 1. The molecule has 1 N–H and O–H groups in total. The van der Waals surface area contributed by atoms with Crippen LogP contribution in [0, 0.1) is 0 Å². The Balaban J connectivity index is 2.19. The van der Waals surface area contributed by atoms with Crippen molar-refractivity contribution in [2.75, 3.05) is 13.7 Å². The second-order valence-electron chi connectivity index (χ2n) is 3.36. The Kier molecular flexibility index (Phi) is 2.70. The topological polar surface area (TPSA) is 66.8 Å². The maximum absolute atomic E-state index is 11.2. The van der Waals surface area contributed by atoms with Crippen molar-refractivity contribution in [1.82, 2.24) is 4.90 Å². The molecule has 0 unspecified atom stereocenters. The molecule has 2 rings (SSSR count). The number of hydrogen-bond donors (Lipinski definition) is 1. The van der Waals surface area contributed by atoms with Gasteiger partial charge >= 0.3 is 5.97 Å². The van der Waals surface area contributed by atoms with E-state index in [0.717, 1.165) is 4.91 Å². The molecule has 2 aliphatic heterocycles. The molecule has 1 fully saturated rings. The molecule has 1 atom stereocenters. The first-order valence-corrected chi connectivity index (χ1v) is 5.47. The third-order valence-electron chi connectivity index (χ3n) is 2.43. The Morgan fingerprint density at radius 1 is 1.73 bits per heavy atom. The minimum Gasteiger partial charge on any atom is -0.477 e. The van der Waals surface area contributed by atoms with Crippen molar-refractivity contribution in [3.8, 4) is 0 Å². The number of thioether (sulfide) groups is 1. The van der Waals surface area contributed by atoms with Gasteiger partial charge in [-0.2, -0.15) is 0 Å². The summed E-state index contributed by atoms with van der Waals surface area (Å²) in [6.45, 7) is 0.480. The van der Waals surface area contributed by atoms with Gasteiger partial charge in [0.2, 0.25) is 5.91 Å². The molecule has 82 valence electrons. The van der Waals surface area contributed by atoms with Crippen LogP contribution in [-0.2, 0) is 14.3 Å². The summed E-state index contributed by atoms with van der Waals surface area (Å²) in [6, 6.07) is 0. The van der Waals surface area contributed by atoms with Gasteiger partial charge in [0.15, 0.2) is 0 Å². The number of amides is 1. The van der Waals surface area contributed by atoms with Gasteiger partial charge in [0, 0.05) is 18.4 Å². The van der Waals surface area contributed by atoms with Gasteiger partial charge in [-0.25, -0.2) is 4.79 Å². The van der Waals surface area contributed by atoms with Crippen molar-refractivity contribution in [1.29, 1.82) is 0 Å². The van der Waals surface area contributed by atoms with Gasteiger partial charge in [-0.3, -0.25) is 9.69 Å². The van der Waals surface area contributed by atoms with Crippen molar-refractivity contribution in [3.63, 3.8) is 0 Å². The first-order chi connectivity index (χ1) is 7.15. The minimum absolute atomic E-state index is 0.00968. The lowest BCUT2D eigenvalue weighted by molar-refractivity contribution is -0.145. The van der Waals surface area contributed by atoms with Crippen molar-refractivity contribution in [3.05, 3.63) is 10.6 Å². The van der Waals surface area contributed by atoms with Crippen molar-refractivity contribution in [2.45, 2.75) is 18.2 Å². The average molecular weight is 229 g/mol. The number of aliphatic carboxylic acids is 1. The van der Waals surface area contributed by atoms with Crippen LogP contribution in [0.15, 0.2) is 10.6 Å². The van der Waals surface area contributed by atoms with Gasteiger partial charge in [0.25, 0.3) is 0 Å². The fraction of sp³-hybridized carbons (Fsp3) is 0.556. The smallest absolute Gasteiger partial charge is 0.353 e. The molecule has 0 aromatic rings. The van der Waals surface area contributed by atoms with E-state index in [4.69, 9.17) is 9.84 Å². The lowest BCUT2D eigenvalue weighted by Gasteiger charge is -2.33. The van der Waals surface area contributed by atoms with E-state index in [2.05, 4.69) is 0 Å². The molecule has 0 aliphatic carbocycles. The van der Waals surface area contributed by atoms with Gasteiger partial charge in [-0.05, 0) is 0 Å². The highest BCUT2D eigenvalue weighted by Crippen LogP contribution is 2.47. The van der Waals surface area contributed by atoms with E-state index in [9.17, 15) is 9.59 Å². The van der Waals surface area contributed by atoms with Gasteiger partial charge in [-0.15, -0.1) is 11.8 Å². The SMILES string of the molecule is COCCC1=C(C(=O)O)N2C(=O)C[C@H]2S1. The van der Waals surface area contributed by atoms with Crippen LogP contribution in [0.2, 0.25) is 0 Å². The molecule has 6 heteroatoms. The van der Waals surface area contributed by atoms with E-state index in [-0.39, 0.29) is 17.0 Å². The number of nitrogens with zero attached hydrogens (tertiary/aromatic N) is 1. The summed E-state index contributed by atoms with van der Waals surface area (Å²) in [5, 5.41) is 9.03. The maximum Gasteiger partial charge on any atom is 0.353 e. The predicted octanol–water partition coefficient (Wildman–Crippen LogP) is 0.624. The van der Waals surface area contributed by atoms with Gasteiger partial charge in [0.1, 0.15) is 5.70 Å². The molecule has 15 heavy (non-hydrogen) atoms. The summed E-state index contributed by atoms with van der Waals surface area (Å²) >= 11 is 1.46. The van der Waals surface area contributed by atoms with Crippen LogP contribution in [-0.4, -0.2) is 41.0 Å². The zero-order valence-electron chi connectivity index (χ0n) is 8.23. The molecule has 0 aromatic carbocycles. The highest BCUT2D eigenvalue weighted by molar-refractivity contribution is 8.04. The number of fused-ring (bicyclic) bond motifs is 1. The molecule has 0 saturated carbocycles. The first kappa shape index (κ1) is 10.5. The third kappa shape index (κ3) is 1.63. The van der Waals surface area contributed by atoms with Crippen molar-refractivity contribution >= 4 is 23.6 Å². The second-order valence-corrected chi connectivity index (χ2v) is 4.63. The Labute approximate surface area is 91.1 Å². The number of methoxy groups -OCH3 is 1. The Morgan fingerprint density at radius 3 is 3.00 bits per heavy atom. The van der Waals surface area contributed by atoms with E-state index >= 15 is 0 Å². The summed E-state index contributed by atoms with van der Waals surface area (Å²) in [6.07, 6.45) is 1.00. The second kappa shape index (κ2) is 3.86. The quantitative estimate of drug-likeness (QED) is 0.716. The number of carbonyl (C=O) groups excluding carboxylic acids is 1. The molecule has 1 amide bonds. The van der Waals surface area contributed by atoms with E-state index in [1.807, 2.05) is 0 Å². The van der Waals surface area contributed by atoms with Crippen LogP contribution >= 0.6 is 11.8 Å². The van der Waals surface area contributed by atoms with E-state index in [1.54, 1.807) is 7.11 Å². The summed E-state index contributed by atoms with van der Waals surface area (Å²) in [4.78, 5) is 24.4. The fourth-order valence-electron chi connectivity index (χ4n) is 1.70.